The highest BCUT2D eigenvalue weighted by Crippen LogP contribution is 2.17. The second-order valence-corrected chi connectivity index (χ2v) is 4.56. The lowest BCUT2D eigenvalue weighted by molar-refractivity contribution is 0.414. The predicted molar refractivity (Wildman–Crippen MR) is 66.8 cm³/mol. The van der Waals surface area contributed by atoms with Gasteiger partial charge in [0.25, 0.3) is 0 Å². The lowest BCUT2D eigenvalue weighted by Gasteiger charge is -2.06. The van der Waals surface area contributed by atoms with Gasteiger partial charge in [0, 0.05) is 4.47 Å². The molecule has 84 valence electrons. The first kappa shape index (κ1) is 11.2. The van der Waals surface area contributed by atoms with Crippen molar-refractivity contribution in [1.82, 2.24) is 9.78 Å². The number of aromatic nitrogens is 2. The number of hydrogen-bond donors (Lipinski definition) is 0. The molecule has 3 nitrogen and oxygen atoms in total. The third-order valence-corrected chi connectivity index (χ3v) is 2.98. The molecule has 0 aliphatic heterocycles. The number of nitrogens with zero attached hydrogens (tertiary/aromatic N) is 2. The van der Waals surface area contributed by atoms with Gasteiger partial charge in [-0.25, -0.2) is 0 Å². The molecular weight excluding hydrogens is 268 g/mol. The maximum Gasteiger partial charge on any atom is 0.156 e. The number of hydrogen-bond acceptors (Lipinski definition) is 2. The molecule has 1 heterocycles. The highest BCUT2D eigenvalue weighted by Gasteiger charge is 2.02. The second kappa shape index (κ2) is 4.70. The lowest BCUT2D eigenvalue weighted by atomic mass is 10.1. The van der Waals surface area contributed by atoms with E-state index in [9.17, 15) is 0 Å². The van der Waals surface area contributed by atoms with Gasteiger partial charge in [-0.2, -0.15) is 5.10 Å². The van der Waals surface area contributed by atoms with Gasteiger partial charge in [0.15, 0.2) is 5.75 Å². The maximum atomic E-state index is 5.09. The van der Waals surface area contributed by atoms with Crippen molar-refractivity contribution < 1.29 is 4.74 Å². The molecule has 0 saturated carbocycles. The van der Waals surface area contributed by atoms with Gasteiger partial charge in [0.05, 0.1) is 26.0 Å². The molecule has 1 aromatic carbocycles. The highest BCUT2D eigenvalue weighted by molar-refractivity contribution is 9.10. The van der Waals surface area contributed by atoms with Gasteiger partial charge in [0.2, 0.25) is 0 Å². The molecule has 0 spiro atoms. The Bertz CT molecular complexity index is 494. The van der Waals surface area contributed by atoms with Gasteiger partial charge in [-0.05, 0) is 30.2 Å². The topological polar surface area (TPSA) is 27.1 Å². The van der Waals surface area contributed by atoms with E-state index in [1.165, 1.54) is 11.1 Å². The third-order valence-electron chi connectivity index (χ3n) is 2.49. The van der Waals surface area contributed by atoms with Crippen molar-refractivity contribution in [3.8, 4) is 5.75 Å². The van der Waals surface area contributed by atoms with E-state index >= 15 is 0 Å². The SMILES string of the molecule is COc1cnn(Cc2cc(Br)ccc2C)c1. The molecule has 0 aliphatic rings. The minimum absolute atomic E-state index is 0.759. The fraction of sp³-hybridized carbons (Fsp3) is 0.250. The van der Waals surface area contributed by atoms with Crippen molar-refractivity contribution in [3.63, 3.8) is 0 Å². The summed E-state index contributed by atoms with van der Waals surface area (Å²) in [5.41, 5.74) is 2.51. The zero-order valence-corrected chi connectivity index (χ0v) is 10.9. The van der Waals surface area contributed by atoms with Gasteiger partial charge < -0.3 is 4.74 Å². The number of halogens is 1. The van der Waals surface area contributed by atoms with Crippen molar-refractivity contribution in [3.05, 3.63) is 46.2 Å². The van der Waals surface area contributed by atoms with Gasteiger partial charge in [-0.3, -0.25) is 4.68 Å². The molecule has 0 fully saturated rings. The van der Waals surface area contributed by atoms with Crippen LogP contribution in [-0.4, -0.2) is 16.9 Å². The molecule has 2 aromatic rings. The molecule has 0 radical (unpaired) electrons. The van der Waals surface area contributed by atoms with Crippen LogP contribution < -0.4 is 4.74 Å². The fourth-order valence-electron chi connectivity index (χ4n) is 1.52. The second-order valence-electron chi connectivity index (χ2n) is 3.65. The fourth-order valence-corrected chi connectivity index (χ4v) is 1.93. The van der Waals surface area contributed by atoms with Crippen LogP contribution in [0.25, 0.3) is 0 Å². The quantitative estimate of drug-likeness (QED) is 0.864. The van der Waals surface area contributed by atoms with E-state index in [0.717, 1.165) is 16.8 Å². The molecular formula is C12H13BrN2O. The maximum absolute atomic E-state index is 5.09. The Morgan fingerprint density at radius 2 is 2.25 bits per heavy atom. The summed E-state index contributed by atoms with van der Waals surface area (Å²) in [6, 6.07) is 6.26. The van der Waals surface area contributed by atoms with E-state index in [1.807, 2.05) is 16.9 Å². The lowest BCUT2D eigenvalue weighted by Crippen LogP contribution is -2.01. The van der Waals surface area contributed by atoms with Crippen LogP contribution in [0.4, 0.5) is 0 Å². The molecule has 0 atom stereocenters. The molecule has 0 amide bonds. The summed E-state index contributed by atoms with van der Waals surface area (Å²) in [6.07, 6.45) is 3.60. The Labute approximate surface area is 103 Å². The molecule has 0 saturated heterocycles. The Balaban J connectivity index is 2.22. The molecule has 1 aromatic heterocycles. The minimum atomic E-state index is 0.759. The van der Waals surface area contributed by atoms with Crippen molar-refractivity contribution in [2.24, 2.45) is 0 Å². The number of benzene rings is 1. The van der Waals surface area contributed by atoms with Gasteiger partial charge in [0.1, 0.15) is 0 Å². The first-order chi connectivity index (χ1) is 7.69. The summed E-state index contributed by atoms with van der Waals surface area (Å²) in [6.45, 7) is 2.86. The first-order valence-corrected chi connectivity index (χ1v) is 5.80. The van der Waals surface area contributed by atoms with E-state index in [4.69, 9.17) is 4.74 Å². The number of methoxy groups -OCH3 is 1. The van der Waals surface area contributed by atoms with Crippen LogP contribution in [0.5, 0.6) is 5.75 Å². The Morgan fingerprint density at radius 3 is 2.94 bits per heavy atom. The Kier molecular flexibility index (Phi) is 3.29. The summed E-state index contributed by atoms with van der Waals surface area (Å²) in [4.78, 5) is 0. The summed E-state index contributed by atoms with van der Waals surface area (Å²) in [7, 11) is 1.64. The zero-order valence-electron chi connectivity index (χ0n) is 9.27. The standard InChI is InChI=1S/C12H13BrN2O/c1-9-3-4-11(13)5-10(9)7-15-8-12(16-2)6-14-15/h3-6,8H,7H2,1-2H3. The average molecular weight is 281 g/mol. The average Bonchev–Trinajstić information content (AvgIpc) is 2.71. The van der Waals surface area contributed by atoms with Gasteiger partial charge in [-0.1, -0.05) is 22.0 Å². The summed E-state index contributed by atoms with van der Waals surface area (Å²) < 4.78 is 8.05. The summed E-state index contributed by atoms with van der Waals surface area (Å²) in [5.74, 6) is 0.785. The molecule has 4 heteroatoms. The number of rotatable bonds is 3. The van der Waals surface area contributed by atoms with Crippen LogP contribution in [0.15, 0.2) is 35.1 Å². The van der Waals surface area contributed by atoms with E-state index in [-0.39, 0.29) is 0 Å². The largest absolute Gasteiger partial charge is 0.493 e. The van der Waals surface area contributed by atoms with Crippen LogP contribution in [0.1, 0.15) is 11.1 Å². The molecule has 0 N–H and O–H groups in total. The van der Waals surface area contributed by atoms with E-state index in [1.54, 1.807) is 13.3 Å². The van der Waals surface area contributed by atoms with E-state index in [2.05, 4.69) is 40.1 Å². The summed E-state index contributed by atoms with van der Waals surface area (Å²) >= 11 is 3.47. The number of aryl methyl sites for hydroxylation is 1. The van der Waals surface area contributed by atoms with E-state index in [0.29, 0.717) is 0 Å². The zero-order chi connectivity index (χ0) is 11.5. The van der Waals surface area contributed by atoms with E-state index < -0.39 is 0 Å². The van der Waals surface area contributed by atoms with Crippen LogP contribution in [0.2, 0.25) is 0 Å². The van der Waals surface area contributed by atoms with Gasteiger partial charge in [-0.15, -0.1) is 0 Å². The molecule has 0 bridgehead atoms. The summed E-state index contributed by atoms with van der Waals surface area (Å²) in [5, 5.41) is 4.23. The van der Waals surface area contributed by atoms with Crippen LogP contribution in [0, 0.1) is 6.92 Å². The molecule has 2 rings (SSSR count). The van der Waals surface area contributed by atoms with Crippen LogP contribution in [-0.2, 0) is 6.54 Å². The van der Waals surface area contributed by atoms with Crippen molar-refractivity contribution in [2.45, 2.75) is 13.5 Å². The highest BCUT2D eigenvalue weighted by atomic mass is 79.9. The van der Waals surface area contributed by atoms with Crippen molar-refractivity contribution in [1.29, 1.82) is 0 Å². The Morgan fingerprint density at radius 1 is 1.44 bits per heavy atom. The van der Waals surface area contributed by atoms with Gasteiger partial charge >= 0.3 is 0 Å². The molecule has 16 heavy (non-hydrogen) atoms. The smallest absolute Gasteiger partial charge is 0.156 e. The van der Waals surface area contributed by atoms with Crippen LogP contribution in [0.3, 0.4) is 0 Å². The normalized spacial score (nSPS) is 10.4. The Hall–Kier alpha value is -1.29. The predicted octanol–water partition coefficient (Wildman–Crippen LogP) is 3.01. The van der Waals surface area contributed by atoms with Crippen molar-refractivity contribution in [2.75, 3.05) is 7.11 Å². The monoisotopic (exact) mass is 280 g/mol. The molecule has 0 unspecified atom stereocenters. The van der Waals surface area contributed by atoms with Crippen molar-refractivity contribution >= 4 is 15.9 Å². The molecule has 0 aliphatic carbocycles. The number of ether oxygens (including phenoxy) is 1. The third kappa shape index (κ3) is 2.44. The minimum Gasteiger partial charge on any atom is -0.493 e. The van der Waals surface area contributed by atoms with Crippen LogP contribution >= 0.6 is 15.9 Å². The first-order valence-electron chi connectivity index (χ1n) is 5.00.